The third kappa shape index (κ3) is 2.12. The summed E-state index contributed by atoms with van der Waals surface area (Å²) in [6.45, 7) is 3.68. The number of carboxylic acids is 1. The maximum atomic E-state index is 11.9. The first-order valence-corrected chi connectivity index (χ1v) is 5.11. The monoisotopic (exact) mass is 215 g/mol. The molecule has 0 aromatic rings. The van der Waals surface area contributed by atoms with Gasteiger partial charge in [-0.1, -0.05) is 0 Å². The summed E-state index contributed by atoms with van der Waals surface area (Å²) in [5.74, 6) is -1.41. The number of rotatable bonds is 5. The van der Waals surface area contributed by atoms with Crippen LogP contribution in [-0.4, -0.2) is 46.2 Å². The number of amides is 1. The molecule has 2 N–H and O–H groups in total. The third-order valence-corrected chi connectivity index (χ3v) is 2.79. The average molecular weight is 215 g/mol. The molecule has 1 saturated carbocycles. The number of carbonyl (C=O) groups excluding carboxylic acids is 1. The normalized spacial score (nSPS) is 17.6. The molecule has 0 heterocycles. The van der Waals surface area contributed by atoms with Gasteiger partial charge in [-0.25, -0.2) is 0 Å². The third-order valence-electron chi connectivity index (χ3n) is 2.79. The highest BCUT2D eigenvalue weighted by molar-refractivity contribution is 6.04. The molecule has 0 spiro atoms. The number of carboxylic acid groups (broad SMARTS) is 1. The Kier molecular flexibility index (Phi) is 3.34. The van der Waals surface area contributed by atoms with Crippen molar-refractivity contribution in [2.75, 3.05) is 13.2 Å². The molecule has 5 nitrogen and oxygen atoms in total. The van der Waals surface area contributed by atoms with E-state index < -0.39 is 11.4 Å². The summed E-state index contributed by atoms with van der Waals surface area (Å²) < 4.78 is 0. The molecular formula is C10H17NO4. The quantitative estimate of drug-likeness (QED) is 0.637. The summed E-state index contributed by atoms with van der Waals surface area (Å²) in [6.07, 6.45) is 0.825. The van der Waals surface area contributed by atoms with E-state index in [1.54, 1.807) is 0 Å². The zero-order valence-electron chi connectivity index (χ0n) is 9.06. The summed E-state index contributed by atoms with van der Waals surface area (Å²) in [7, 11) is 0. The van der Waals surface area contributed by atoms with Crippen LogP contribution in [0.1, 0.15) is 26.7 Å². The Morgan fingerprint density at radius 3 is 2.20 bits per heavy atom. The van der Waals surface area contributed by atoms with Crippen molar-refractivity contribution in [1.82, 2.24) is 4.90 Å². The van der Waals surface area contributed by atoms with E-state index in [0.29, 0.717) is 12.8 Å². The molecular weight excluding hydrogens is 198 g/mol. The van der Waals surface area contributed by atoms with Gasteiger partial charge in [0.25, 0.3) is 0 Å². The lowest BCUT2D eigenvalue weighted by molar-refractivity contribution is -0.154. The van der Waals surface area contributed by atoms with Crippen LogP contribution in [0, 0.1) is 5.41 Å². The number of carbonyl (C=O) groups is 2. The number of hydrogen-bond donors (Lipinski definition) is 2. The van der Waals surface area contributed by atoms with Gasteiger partial charge in [-0.05, 0) is 26.7 Å². The Hall–Kier alpha value is -1.10. The molecule has 1 fully saturated rings. The smallest absolute Gasteiger partial charge is 0.319 e. The molecule has 1 aliphatic carbocycles. The van der Waals surface area contributed by atoms with Gasteiger partial charge >= 0.3 is 5.97 Å². The first kappa shape index (κ1) is 12.0. The second-order valence-corrected chi connectivity index (χ2v) is 4.20. The molecule has 1 amide bonds. The van der Waals surface area contributed by atoms with Crippen LogP contribution in [-0.2, 0) is 9.59 Å². The van der Waals surface area contributed by atoms with Crippen molar-refractivity contribution in [3.8, 4) is 0 Å². The highest BCUT2D eigenvalue weighted by atomic mass is 16.4. The number of hydrogen-bond acceptors (Lipinski definition) is 3. The number of aliphatic carboxylic acids is 1. The van der Waals surface area contributed by atoms with Crippen LogP contribution in [0.25, 0.3) is 0 Å². The fourth-order valence-corrected chi connectivity index (χ4v) is 1.62. The maximum Gasteiger partial charge on any atom is 0.319 e. The van der Waals surface area contributed by atoms with Crippen molar-refractivity contribution in [3.63, 3.8) is 0 Å². The number of aliphatic hydroxyl groups excluding tert-OH is 1. The van der Waals surface area contributed by atoms with E-state index >= 15 is 0 Å². The van der Waals surface area contributed by atoms with E-state index in [1.807, 2.05) is 13.8 Å². The largest absolute Gasteiger partial charge is 0.480 e. The van der Waals surface area contributed by atoms with Gasteiger partial charge in [0.05, 0.1) is 6.61 Å². The lowest BCUT2D eigenvalue weighted by Gasteiger charge is -2.28. The van der Waals surface area contributed by atoms with E-state index in [4.69, 9.17) is 10.2 Å². The van der Waals surface area contributed by atoms with Gasteiger partial charge in [0.2, 0.25) is 5.91 Å². The number of nitrogens with zero attached hydrogens (tertiary/aromatic N) is 1. The highest BCUT2D eigenvalue weighted by Gasteiger charge is 2.58. The van der Waals surface area contributed by atoms with Gasteiger partial charge in [-0.15, -0.1) is 0 Å². The van der Waals surface area contributed by atoms with Crippen LogP contribution >= 0.6 is 0 Å². The summed E-state index contributed by atoms with van der Waals surface area (Å²) in [5, 5.41) is 17.8. The Morgan fingerprint density at radius 1 is 1.40 bits per heavy atom. The highest BCUT2D eigenvalue weighted by Crippen LogP contribution is 2.47. The van der Waals surface area contributed by atoms with Crippen molar-refractivity contribution in [3.05, 3.63) is 0 Å². The second-order valence-electron chi connectivity index (χ2n) is 4.20. The summed E-state index contributed by atoms with van der Waals surface area (Å²) >= 11 is 0. The van der Waals surface area contributed by atoms with Crippen LogP contribution in [0.2, 0.25) is 0 Å². The molecule has 0 radical (unpaired) electrons. The van der Waals surface area contributed by atoms with Crippen LogP contribution < -0.4 is 0 Å². The summed E-state index contributed by atoms with van der Waals surface area (Å²) in [4.78, 5) is 24.3. The van der Waals surface area contributed by atoms with Crippen molar-refractivity contribution >= 4 is 11.9 Å². The Bertz CT molecular complexity index is 271. The Morgan fingerprint density at radius 2 is 1.93 bits per heavy atom. The van der Waals surface area contributed by atoms with E-state index in [0.717, 1.165) is 0 Å². The van der Waals surface area contributed by atoms with Gasteiger partial charge in [0, 0.05) is 12.6 Å². The zero-order valence-corrected chi connectivity index (χ0v) is 9.06. The fraction of sp³-hybridized carbons (Fsp3) is 0.800. The molecule has 0 aliphatic heterocycles. The molecule has 0 unspecified atom stereocenters. The van der Waals surface area contributed by atoms with Crippen LogP contribution in [0.4, 0.5) is 0 Å². The first-order chi connectivity index (χ1) is 6.95. The minimum Gasteiger partial charge on any atom is -0.480 e. The molecule has 5 heteroatoms. The molecule has 1 aliphatic rings. The second kappa shape index (κ2) is 4.18. The van der Waals surface area contributed by atoms with E-state index in [2.05, 4.69) is 0 Å². The molecule has 0 saturated heterocycles. The lowest BCUT2D eigenvalue weighted by atomic mass is 10.0. The topological polar surface area (TPSA) is 77.8 Å². The maximum absolute atomic E-state index is 11.9. The fourth-order valence-electron chi connectivity index (χ4n) is 1.62. The molecule has 86 valence electrons. The van der Waals surface area contributed by atoms with Crippen LogP contribution in [0.3, 0.4) is 0 Å². The zero-order chi connectivity index (χ0) is 11.6. The van der Waals surface area contributed by atoms with Crippen LogP contribution in [0.15, 0.2) is 0 Å². The molecule has 15 heavy (non-hydrogen) atoms. The molecule has 0 atom stereocenters. The molecule has 1 rings (SSSR count). The van der Waals surface area contributed by atoms with Gasteiger partial charge in [-0.3, -0.25) is 9.59 Å². The molecule has 0 aromatic carbocycles. The van der Waals surface area contributed by atoms with Crippen molar-refractivity contribution in [2.24, 2.45) is 5.41 Å². The van der Waals surface area contributed by atoms with E-state index in [-0.39, 0.29) is 25.1 Å². The predicted octanol–water partition coefficient (Wildman–Crippen LogP) is 0.0805. The van der Waals surface area contributed by atoms with E-state index in [9.17, 15) is 9.59 Å². The van der Waals surface area contributed by atoms with E-state index in [1.165, 1.54) is 4.90 Å². The minimum absolute atomic E-state index is 0.0820. The van der Waals surface area contributed by atoms with Gasteiger partial charge in [0.1, 0.15) is 5.41 Å². The predicted molar refractivity (Wildman–Crippen MR) is 53.2 cm³/mol. The minimum atomic E-state index is -1.19. The van der Waals surface area contributed by atoms with Gasteiger partial charge < -0.3 is 15.1 Å². The molecule has 0 aromatic heterocycles. The van der Waals surface area contributed by atoms with Gasteiger partial charge in [0.15, 0.2) is 0 Å². The summed E-state index contributed by atoms with van der Waals surface area (Å²) in [5.41, 5.74) is -1.19. The lowest BCUT2D eigenvalue weighted by Crippen LogP contribution is -2.45. The first-order valence-electron chi connectivity index (χ1n) is 5.11. The van der Waals surface area contributed by atoms with Gasteiger partial charge in [-0.2, -0.15) is 0 Å². The Labute approximate surface area is 88.7 Å². The van der Waals surface area contributed by atoms with Crippen molar-refractivity contribution < 1.29 is 19.8 Å². The SMILES string of the molecule is CC(C)N(CCO)C(=O)C1(C(=O)O)CC1. The standard InChI is InChI=1S/C10H17NO4/c1-7(2)11(5-6-12)8(13)10(3-4-10)9(14)15/h7,12H,3-6H2,1-2H3,(H,14,15). The molecule has 0 bridgehead atoms. The average Bonchev–Trinajstić information content (AvgIpc) is 2.93. The summed E-state index contributed by atoms with van der Waals surface area (Å²) in [6, 6.07) is -0.0820. The Balaban J connectivity index is 2.77. The number of aliphatic hydroxyl groups is 1. The van der Waals surface area contributed by atoms with Crippen LogP contribution in [0.5, 0.6) is 0 Å². The van der Waals surface area contributed by atoms with Crippen molar-refractivity contribution in [1.29, 1.82) is 0 Å². The van der Waals surface area contributed by atoms with Crippen molar-refractivity contribution in [2.45, 2.75) is 32.7 Å².